The van der Waals surface area contributed by atoms with E-state index in [0.29, 0.717) is 44.4 Å². The molecule has 1 fully saturated rings. The van der Waals surface area contributed by atoms with Gasteiger partial charge in [0, 0.05) is 37.7 Å². The highest BCUT2D eigenvalue weighted by atomic mass is 35.5. The van der Waals surface area contributed by atoms with E-state index in [0.717, 1.165) is 23.3 Å². The summed E-state index contributed by atoms with van der Waals surface area (Å²) in [6.07, 6.45) is -0.191. The zero-order valence-corrected chi connectivity index (χ0v) is 19.8. The molecule has 1 saturated heterocycles. The monoisotopic (exact) mass is 484 g/mol. The first-order valence-electron chi connectivity index (χ1n) is 11.3. The van der Waals surface area contributed by atoms with Crippen LogP contribution in [0.4, 0.5) is 8.78 Å². The van der Waals surface area contributed by atoms with Gasteiger partial charge in [0.15, 0.2) is 0 Å². The number of aryl methyl sites for hydroxylation is 1. The quantitative estimate of drug-likeness (QED) is 0.435. The van der Waals surface area contributed by atoms with Crippen LogP contribution in [0.2, 0.25) is 5.02 Å². The van der Waals surface area contributed by atoms with Gasteiger partial charge in [-0.05, 0) is 42.3 Å². The molecule has 0 unspecified atom stereocenters. The summed E-state index contributed by atoms with van der Waals surface area (Å²) in [5, 5.41) is 0.661. The number of hydrogen-bond acceptors (Lipinski definition) is 3. The first-order chi connectivity index (χ1) is 16.4. The molecule has 3 aromatic carbocycles. The van der Waals surface area contributed by atoms with Crippen molar-refractivity contribution in [3.05, 3.63) is 106 Å². The van der Waals surface area contributed by atoms with E-state index in [1.807, 2.05) is 49.4 Å². The lowest BCUT2D eigenvalue weighted by Crippen LogP contribution is -2.50. The third-order valence-corrected chi connectivity index (χ3v) is 6.29. The molecule has 0 spiro atoms. The van der Waals surface area contributed by atoms with Crippen LogP contribution in [-0.4, -0.2) is 48.4 Å². The van der Waals surface area contributed by atoms with E-state index in [1.54, 1.807) is 0 Å². The SMILES string of the molecule is Cc1cccc(CO[C@H](CN2CCN(C(=O)c3c(F)cccc3F)CC2)c2ccc(Cl)cc2)c1. The first-order valence-corrected chi connectivity index (χ1v) is 11.7. The second-order valence-electron chi connectivity index (χ2n) is 8.53. The number of hydrogen-bond donors (Lipinski definition) is 0. The molecule has 0 aliphatic carbocycles. The molecule has 1 atom stereocenters. The van der Waals surface area contributed by atoms with Crippen molar-refractivity contribution >= 4 is 17.5 Å². The van der Waals surface area contributed by atoms with Crippen LogP contribution in [0, 0.1) is 18.6 Å². The Balaban J connectivity index is 1.41. The van der Waals surface area contributed by atoms with Crippen LogP contribution >= 0.6 is 11.6 Å². The normalized spacial score (nSPS) is 15.4. The van der Waals surface area contributed by atoms with Gasteiger partial charge in [0.1, 0.15) is 17.2 Å². The Morgan fingerprint density at radius 3 is 2.26 bits per heavy atom. The summed E-state index contributed by atoms with van der Waals surface area (Å²) in [4.78, 5) is 16.4. The number of piperazine rings is 1. The van der Waals surface area contributed by atoms with Crippen molar-refractivity contribution < 1.29 is 18.3 Å². The van der Waals surface area contributed by atoms with Gasteiger partial charge in [-0.3, -0.25) is 9.69 Å². The highest BCUT2D eigenvalue weighted by Crippen LogP contribution is 2.24. The predicted molar refractivity (Wildman–Crippen MR) is 129 cm³/mol. The van der Waals surface area contributed by atoms with Gasteiger partial charge >= 0.3 is 0 Å². The van der Waals surface area contributed by atoms with Crippen molar-refractivity contribution in [1.82, 2.24) is 9.80 Å². The number of halogens is 3. The van der Waals surface area contributed by atoms with Gasteiger partial charge in [-0.15, -0.1) is 0 Å². The lowest BCUT2D eigenvalue weighted by Gasteiger charge is -2.36. The minimum absolute atomic E-state index is 0.191. The summed E-state index contributed by atoms with van der Waals surface area (Å²) in [7, 11) is 0. The van der Waals surface area contributed by atoms with Crippen molar-refractivity contribution in [2.24, 2.45) is 0 Å². The van der Waals surface area contributed by atoms with Gasteiger partial charge in [0.25, 0.3) is 5.91 Å². The molecule has 3 aromatic rings. The molecule has 0 radical (unpaired) electrons. The van der Waals surface area contributed by atoms with Crippen molar-refractivity contribution in [3.8, 4) is 0 Å². The molecule has 0 saturated carbocycles. The van der Waals surface area contributed by atoms with Crippen LogP contribution in [0.25, 0.3) is 0 Å². The van der Waals surface area contributed by atoms with Gasteiger partial charge in [0.2, 0.25) is 0 Å². The highest BCUT2D eigenvalue weighted by molar-refractivity contribution is 6.30. The van der Waals surface area contributed by atoms with Gasteiger partial charge in [-0.1, -0.05) is 59.6 Å². The van der Waals surface area contributed by atoms with E-state index in [9.17, 15) is 13.6 Å². The second-order valence-corrected chi connectivity index (χ2v) is 8.97. The smallest absolute Gasteiger partial charge is 0.259 e. The minimum Gasteiger partial charge on any atom is -0.368 e. The fraction of sp³-hybridized carbons (Fsp3) is 0.296. The zero-order valence-electron chi connectivity index (χ0n) is 19.0. The van der Waals surface area contributed by atoms with Gasteiger partial charge in [-0.2, -0.15) is 0 Å². The molecule has 0 N–H and O–H groups in total. The van der Waals surface area contributed by atoms with E-state index in [1.165, 1.54) is 16.5 Å². The Kier molecular flexibility index (Phi) is 7.93. The number of ether oxygens (including phenoxy) is 1. The maximum atomic E-state index is 14.0. The molecule has 4 rings (SSSR count). The molecule has 34 heavy (non-hydrogen) atoms. The standard InChI is InChI=1S/C27H27ClF2N2O2/c1-19-4-2-5-20(16-19)18-34-25(21-8-10-22(28)11-9-21)17-31-12-14-32(15-13-31)27(33)26-23(29)6-3-7-24(26)30/h2-11,16,25H,12-15,17-18H2,1H3/t25-/m1/s1. The Morgan fingerprint density at radius 2 is 1.62 bits per heavy atom. The van der Waals surface area contributed by atoms with Crippen LogP contribution in [-0.2, 0) is 11.3 Å². The van der Waals surface area contributed by atoms with E-state index in [4.69, 9.17) is 16.3 Å². The summed E-state index contributed by atoms with van der Waals surface area (Å²) < 4.78 is 34.4. The second kappa shape index (κ2) is 11.1. The van der Waals surface area contributed by atoms with Crippen LogP contribution in [0.3, 0.4) is 0 Å². The van der Waals surface area contributed by atoms with Crippen molar-refractivity contribution in [3.63, 3.8) is 0 Å². The van der Waals surface area contributed by atoms with Crippen molar-refractivity contribution in [2.45, 2.75) is 19.6 Å². The molecule has 1 aliphatic heterocycles. The van der Waals surface area contributed by atoms with Crippen LogP contribution in [0.15, 0.2) is 66.7 Å². The van der Waals surface area contributed by atoms with Gasteiger partial charge in [0.05, 0.1) is 12.7 Å². The lowest BCUT2D eigenvalue weighted by atomic mass is 10.1. The number of amides is 1. The van der Waals surface area contributed by atoms with Crippen LogP contribution in [0.5, 0.6) is 0 Å². The topological polar surface area (TPSA) is 32.8 Å². The summed E-state index contributed by atoms with van der Waals surface area (Å²) in [5.41, 5.74) is 2.80. The first kappa shape index (κ1) is 24.3. The number of carbonyl (C=O) groups is 1. The molecular weight excluding hydrogens is 458 g/mol. The molecule has 0 aromatic heterocycles. The number of rotatable bonds is 7. The van der Waals surface area contributed by atoms with E-state index in [2.05, 4.69) is 11.0 Å². The molecule has 4 nitrogen and oxygen atoms in total. The highest BCUT2D eigenvalue weighted by Gasteiger charge is 2.28. The average Bonchev–Trinajstić information content (AvgIpc) is 2.82. The summed E-state index contributed by atoms with van der Waals surface area (Å²) >= 11 is 6.07. The third kappa shape index (κ3) is 6.00. The van der Waals surface area contributed by atoms with Crippen molar-refractivity contribution in [1.29, 1.82) is 0 Å². The maximum Gasteiger partial charge on any atom is 0.259 e. The van der Waals surface area contributed by atoms with Crippen LogP contribution < -0.4 is 0 Å². The summed E-state index contributed by atoms with van der Waals surface area (Å²) in [6, 6.07) is 19.3. The number of nitrogens with zero attached hydrogens (tertiary/aromatic N) is 2. The average molecular weight is 485 g/mol. The van der Waals surface area contributed by atoms with Crippen molar-refractivity contribution in [2.75, 3.05) is 32.7 Å². The third-order valence-electron chi connectivity index (χ3n) is 6.04. The molecule has 1 amide bonds. The number of benzene rings is 3. The summed E-state index contributed by atoms with van der Waals surface area (Å²) in [6.45, 7) is 5.09. The zero-order chi connectivity index (χ0) is 24.1. The lowest BCUT2D eigenvalue weighted by molar-refractivity contribution is 0.00332. The van der Waals surface area contributed by atoms with Crippen LogP contribution in [0.1, 0.15) is 33.2 Å². The Morgan fingerprint density at radius 1 is 0.971 bits per heavy atom. The molecule has 178 valence electrons. The predicted octanol–water partition coefficient (Wildman–Crippen LogP) is 5.64. The van der Waals surface area contributed by atoms with E-state index < -0.39 is 23.1 Å². The molecule has 1 aliphatic rings. The van der Waals surface area contributed by atoms with Gasteiger partial charge < -0.3 is 9.64 Å². The largest absolute Gasteiger partial charge is 0.368 e. The Bertz CT molecular complexity index is 1110. The number of carbonyl (C=O) groups excluding carboxylic acids is 1. The summed E-state index contributed by atoms with van der Waals surface area (Å²) in [5.74, 6) is -2.28. The fourth-order valence-corrected chi connectivity index (χ4v) is 4.28. The van der Waals surface area contributed by atoms with E-state index in [-0.39, 0.29) is 6.10 Å². The van der Waals surface area contributed by atoms with E-state index >= 15 is 0 Å². The molecule has 7 heteroatoms. The molecule has 1 heterocycles. The minimum atomic E-state index is -0.834. The Labute approximate surface area is 203 Å². The van der Waals surface area contributed by atoms with Gasteiger partial charge in [-0.25, -0.2) is 8.78 Å². The molecular formula is C27H27ClF2N2O2. The Hall–Kier alpha value is -2.80. The maximum absolute atomic E-state index is 14.0. The fourth-order valence-electron chi connectivity index (χ4n) is 4.16. The molecule has 0 bridgehead atoms.